The lowest BCUT2D eigenvalue weighted by Crippen LogP contribution is -2.22. The molecule has 1 amide bonds. The quantitative estimate of drug-likeness (QED) is 0.584. The van der Waals surface area contributed by atoms with Gasteiger partial charge in [-0.25, -0.2) is 0 Å². The first-order valence-electron chi connectivity index (χ1n) is 9.83. The van der Waals surface area contributed by atoms with Crippen LogP contribution in [0.15, 0.2) is 29.4 Å². The number of hydrogen-bond donors (Lipinski definition) is 1. The van der Waals surface area contributed by atoms with Crippen LogP contribution in [0, 0.1) is 13.8 Å². The summed E-state index contributed by atoms with van der Waals surface area (Å²) in [4.78, 5) is 14.8. The predicted molar refractivity (Wildman–Crippen MR) is 120 cm³/mol. The van der Waals surface area contributed by atoms with E-state index in [1.165, 1.54) is 11.8 Å². The van der Waals surface area contributed by atoms with Gasteiger partial charge in [-0.3, -0.25) is 14.0 Å². The summed E-state index contributed by atoms with van der Waals surface area (Å²) < 4.78 is 3.74. The van der Waals surface area contributed by atoms with Crippen molar-refractivity contribution in [2.45, 2.75) is 31.8 Å². The third-order valence-corrected chi connectivity index (χ3v) is 6.34. The number of anilines is 2. The van der Waals surface area contributed by atoms with Crippen molar-refractivity contribution in [3.63, 3.8) is 0 Å². The molecule has 1 aromatic carbocycles. The normalized spacial score (nSPS) is 13.8. The molecule has 0 aliphatic carbocycles. The van der Waals surface area contributed by atoms with E-state index in [-0.39, 0.29) is 11.7 Å². The van der Waals surface area contributed by atoms with Crippen LogP contribution in [-0.2, 0) is 11.8 Å². The van der Waals surface area contributed by atoms with Crippen LogP contribution < -0.4 is 10.2 Å². The zero-order valence-electron chi connectivity index (χ0n) is 17.2. The number of rotatable bonds is 6. The number of aromatic nitrogens is 5. The van der Waals surface area contributed by atoms with Gasteiger partial charge in [0, 0.05) is 25.2 Å². The predicted octanol–water partition coefficient (Wildman–Crippen LogP) is 3.60. The van der Waals surface area contributed by atoms with E-state index >= 15 is 0 Å². The molecule has 10 heteroatoms. The van der Waals surface area contributed by atoms with Gasteiger partial charge < -0.3 is 10.2 Å². The molecule has 1 aliphatic heterocycles. The van der Waals surface area contributed by atoms with E-state index in [0.29, 0.717) is 10.2 Å². The van der Waals surface area contributed by atoms with Crippen LogP contribution in [-0.4, -0.2) is 49.3 Å². The van der Waals surface area contributed by atoms with E-state index in [0.717, 1.165) is 54.6 Å². The number of carbonyl (C=O) groups excluding carboxylic acids is 1. The number of thioether (sulfide) groups is 1. The van der Waals surface area contributed by atoms with Crippen molar-refractivity contribution in [1.29, 1.82) is 0 Å². The number of carbonyl (C=O) groups is 1. The van der Waals surface area contributed by atoms with Crippen molar-refractivity contribution < 1.29 is 4.79 Å². The molecule has 1 fully saturated rings. The summed E-state index contributed by atoms with van der Waals surface area (Å²) in [5.41, 5.74) is 3.37. The summed E-state index contributed by atoms with van der Waals surface area (Å²) in [6, 6.07) is 7.60. The molecule has 0 spiro atoms. The van der Waals surface area contributed by atoms with Crippen molar-refractivity contribution in [3.8, 4) is 5.69 Å². The average Bonchev–Trinajstić information content (AvgIpc) is 3.43. The van der Waals surface area contributed by atoms with Gasteiger partial charge in [-0.2, -0.15) is 5.10 Å². The molecule has 1 N–H and O–H groups in total. The second kappa shape index (κ2) is 8.69. The second-order valence-electron chi connectivity index (χ2n) is 7.30. The first-order valence-corrected chi connectivity index (χ1v) is 11.2. The fourth-order valence-corrected chi connectivity index (χ4v) is 4.51. The highest BCUT2D eigenvalue weighted by atomic mass is 35.5. The molecule has 30 heavy (non-hydrogen) atoms. The molecule has 0 unspecified atom stereocenters. The van der Waals surface area contributed by atoms with Gasteiger partial charge in [0.05, 0.1) is 28.5 Å². The molecule has 1 saturated heterocycles. The van der Waals surface area contributed by atoms with Crippen LogP contribution in [0.3, 0.4) is 0 Å². The zero-order valence-corrected chi connectivity index (χ0v) is 18.8. The lowest BCUT2D eigenvalue weighted by Gasteiger charge is -2.18. The topological polar surface area (TPSA) is 80.9 Å². The SMILES string of the molecule is Cc1nn(C)c(C)c1NC(=O)CSc1nnc(N2CCCC2)n1-c1cccc(Cl)c1. The van der Waals surface area contributed by atoms with Crippen LogP contribution >= 0.6 is 23.4 Å². The van der Waals surface area contributed by atoms with Crippen molar-refractivity contribution in [2.75, 3.05) is 29.1 Å². The Balaban J connectivity index is 1.56. The minimum atomic E-state index is -0.109. The van der Waals surface area contributed by atoms with Crippen LogP contribution in [0.25, 0.3) is 5.69 Å². The van der Waals surface area contributed by atoms with E-state index in [1.807, 2.05) is 49.7 Å². The van der Waals surface area contributed by atoms with Gasteiger partial charge >= 0.3 is 0 Å². The molecule has 8 nitrogen and oxygen atoms in total. The van der Waals surface area contributed by atoms with Gasteiger partial charge in [0.1, 0.15) is 0 Å². The molecule has 0 atom stereocenters. The maximum atomic E-state index is 12.6. The van der Waals surface area contributed by atoms with Gasteiger partial charge in [0.2, 0.25) is 11.9 Å². The Morgan fingerprint density at radius 3 is 2.67 bits per heavy atom. The smallest absolute Gasteiger partial charge is 0.234 e. The van der Waals surface area contributed by atoms with Gasteiger partial charge in [-0.1, -0.05) is 29.4 Å². The highest BCUT2D eigenvalue weighted by Gasteiger charge is 2.23. The molecule has 4 rings (SSSR count). The van der Waals surface area contributed by atoms with E-state index in [1.54, 1.807) is 4.68 Å². The Kier molecular flexibility index (Phi) is 6.01. The number of nitrogens with one attached hydrogen (secondary N) is 1. The second-order valence-corrected chi connectivity index (χ2v) is 8.68. The third kappa shape index (κ3) is 4.17. The van der Waals surface area contributed by atoms with Gasteiger partial charge in [0.25, 0.3) is 0 Å². The van der Waals surface area contributed by atoms with Crippen LogP contribution in [0.5, 0.6) is 0 Å². The Bertz CT molecular complexity index is 1070. The number of benzene rings is 1. The molecule has 0 radical (unpaired) electrons. The zero-order chi connectivity index (χ0) is 21.3. The molecule has 158 valence electrons. The number of amides is 1. The Morgan fingerprint density at radius 2 is 2.00 bits per heavy atom. The highest BCUT2D eigenvalue weighted by molar-refractivity contribution is 7.99. The Morgan fingerprint density at radius 1 is 1.23 bits per heavy atom. The van der Waals surface area contributed by atoms with Crippen molar-refractivity contribution in [3.05, 3.63) is 40.7 Å². The minimum absolute atomic E-state index is 0.109. The van der Waals surface area contributed by atoms with Crippen LogP contribution in [0.4, 0.5) is 11.6 Å². The summed E-state index contributed by atoms with van der Waals surface area (Å²) >= 11 is 7.58. The largest absolute Gasteiger partial charge is 0.341 e. The lowest BCUT2D eigenvalue weighted by molar-refractivity contribution is -0.113. The van der Waals surface area contributed by atoms with Crippen LogP contribution in [0.1, 0.15) is 24.2 Å². The molecular weight excluding hydrogens is 422 g/mol. The molecule has 3 heterocycles. The molecule has 0 saturated carbocycles. The van der Waals surface area contributed by atoms with Crippen molar-refractivity contribution >= 4 is 40.9 Å². The molecule has 3 aromatic rings. The fraction of sp³-hybridized carbons (Fsp3) is 0.400. The van der Waals surface area contributed by atoms with Crippen LogP contribution in [0.2, 0.25) is 5.02 Å². The number of aryl methyl sites for hydroxylation is 2. The monoisotopic (exact) mass is 445 g/mol. The number of nitrogens with zero attached hydrogens (tertiary/aromatic N) is 6. The lowest BCUT2D eigenvalue weighted by atomic mass is 10.3. The summed E-state index contributed by atoms with van der Waals surface area (Å²) in [6.45, 7) is 5.71. The first-order chi connectivity index (χ1) is 14.4. The van der Waals surface area contributed by atoms with Gasteiger partial charge in [-0.05, 0) is 44.9 Å². The summed E-state index contributed by atoms with van der Waals surface area (Å²) in [7, 11) is 1.86. The molecular formula is C20H24ClN7OS. The fourth-order valence-electron chi connectivity index (χ4n) is 3.58. The number of halogens is 1. The summed E-state index contributed by atoms with van der Waals surface area (Å²) in [5, 5.41) is 17.4. The maximum absolute atomic E-state index is 12.6. The van der Waals surface area contributed by atoms with Gasteiger partial charge in [0.15, 0.2) is 5.16 Å². The van der Waals surface area contributed by atoms with E-state index < -0.39 is 0 Å². The van der Waals surface area contributed by atoms with E-state index in [9.17, 15) is 4.79 Å². The summed E-state index contributed by atoms with van der Waals surface area (Å²) in [6.07, 6.45) is 2.27. The first kappa shape index (κ1) is 20.7. The summed E-state index contributed by atoms with van der Waals surface area (Å²) in [5.74, 6) is 0.895. The Labute approximate surface area is 184 Å². The third-order valence-electron chi connectivity index (χ3n) is 5.18. The Hall–Kier alpha value is -2.52. The van der Waals surface area contributed by atoms with E-state index in [4.69, 9.17) is 11.6 Å². The average molecular weight is 446 g/mol. The molecule has 1 aliphatic rings. The van der Waals surface area contributed by atoms with Crippen molar-refractivity contribution in [2.24, 2.45) is 7.05 Å². The maximum Gasteiger partial charge on any atom is 0.234 e. The number of hydrogen-bond acceptors (Lipinski definition) is 6. The highest BCUT2D eigenvalue weighted by Crippen LogP contribution is 2.30. The van der Waals surface area contributed by atoms with Crippen molar-refractivity contribution in [1.82, 2.24) is 24.5 Å². The van der Waals surface area contributed by atoms with E-state index in [2.05, 4.69) is 25.5 Å². The van der Waals surface area contributed by atoms with Gasteiger partial charge in [-0.15, -0.1) is 10.2 Å². The minimum Gasteiger partial charge on any atom is -0.341 e. The standard InChI is InChI=1S/C20H24ClN7OS/c1-13-18(14(2)26(3)25-13)22-17(29)12-30-20-24-23-19(27-9-4-5-10-27)28(20)16-8-6-7-15(21)11-16/h6-8,11H,4-5,9-10,12H2,1-3H3,(H,22,29). The molecule has 2 aromatic heterocycles. The molecule has 0 bridgehead atoms.